The molecule has 0 aliphatic heterocycles. The molecule has 0 aliphatic carbocycles. The molecule has 0 amide bonds. The number of thiophene rings is 1. The van der Waals surface area contributed by atoms with Crippen LogP contribution in [0.15, 0.2) is 41.9 Å². The summed E-state index contributed by atoms with van der Waals surface area (Å²) in [7, 11) is 0. The third-order valence-electron chi connectivity index (χ3n) is 2.29. The van der Waals surface area contributed by atoms with Gasteiger partial charge in [0.2, 0.25) is 0 Å². The molecule has 2 aromatic heterocycles. The monoisotopic (exact) mass is 221 g/mol. The molecule has 0 bridgehead atoms. The van der Waals surface area contributed by atoms with E-state index in [2.05, 4.69) is 4.98 Å². The van der Waals surface area contributed by atoms with Gasteiger partial charge < -0.3 is 0 Å². The zero-order chi connectivity index (χ0) is 10.7. The van der Waals surface area contributed by atoms with Gasteiger partial charge in [-0.25, -0.2) is 4.39 Å². The number of hydrogen-bond donors (Lipinski definition) is 0. The maximum atomic E-state index is 14.3. The summed E-state index contributed by atoms with van der Waals surface area (Å²) in [6.45, 7) is 1.58. The molecule has 1 nitrogen and oxygen atoms in total. The molecule has 2 aromatic rings. The Balaban J connectivity index is 2.20. The molecule has 1 unspecified atom stereocenters. The van der Waals surface area contributed by atoms with Gasteiger partial charge in [-0.2, -0.15) is 0 Å². The highest BCUT2D eigenvalue weighted by molar-refractivity contribution is 7.09. The smallest absolute Gasteiger partial charge is 0.154 e. The highest BCUT2D eigenvalue weighted by atomic mass is 32.1. The summed E-state index contributed by atoms with van der Waals surface area (Å²) in [5.41, 5.74) is -0.884. The summed E-state index contributed by atoms with van der Waals surface area (Å²) in [6, 6.07) is 9.23. The Hall–Kier alpha value is -1.22. The molecule has 15 heavy (non-hydrogen) atoms. The molecule has 3 heteroatoms. The summed E-state index contributed by atoms with van der Waals surface area (Å²) in [6.07, 6.45) is 2.02. The first-order chi connectivity index (χ1) is 7.18. The molecule has 2 heterocycles. The zero-order valence-corrected chi connectivity index (χ0v) is 9.30. The standard InChI is InChI=1S/C12H12FNS/c1-12(13,9-10-5-4-8-15-10)11-6-2-3-7-14-11/h2-8H,9H2,1H3. The number of alkyl halides is 1. The van der Waals surface area contributed by atoms with E-state index < -0.39 is 5.67 Å². The molecular formula is C12H12FNS. The Labute approximate surface area is 92.6 Å². The van der Waals surface area contributed by atoms with Crippen LogP contribution in [-0.2, 0) is 12.1 Å². The van der Waals surface area contributed by atoms with Crippen LogP contribution in [0.5, 0.6) is 0 Å². The lowest BCUT2D eigenvalue weighted by Gasteiger charge is -2.18. The van der Waals surface area contributed by atoms with E-state index >= 15 is 0 Å². The van der Waals surface area contributed by atoms with Crippen molar-refractivity contribution < 1.29 is 4.39 Å². The van der Waals surface area contributed by atoms with E-state index in [1.54, 1.807) is 36.6 Å². The highest BCUT2D eigenvalue weighted by Crippen LogP contribution is 2.29. The maximum absolute atomic E-state index is 14.3. The van der Waals surface area contributed by atoms with Gasteiger partial charge in [0.25, 0.3) is 0 Å². The molecule has 2 rings (SSSR count). The first-order valence-electron chi connectivity index (χ1n) is 4.81. The van der Waals surface area contributed by atoms with Gasteiger partial charge >= 0.3 is 0 Å². The van der Waals surface area contributed by atoms with Crippen molar-refractivity contribution in [3.63, 3.8) is 0 Å². The van der Waals surface area contributed by atoms with Gasteiger partial charge in [-0.15, -0.1) is 11.3 Å². The van der Waals surface area contributed by atoms with E-state index in [4.69, 9.17) is 0 Å². The van der Waals surface area contributed by atoms with Gasteiger partial charge in [-0.3, -0.25) is 4.98 Å². The lowest BCUT2D eigenvalue weighted by Crippen LogP contribution is -2.19. The van der Waals surface area contributed by atoms with Crippen molar-refractivity contribution in [2.45, 2.75) is 19.0 Å². The minimum Gasteiger partial charge on any atom is -0.258 e. The Morgan fingerprint density at radius 2 is 2.20 bits per heavy atom. The highest BCUT2D eigenvalue weighted by Gasteiger charge is 2.27. The quantitative estimate of drug-likeness (QED) is 0.772. The van der Waals surface area contributed by atoms with Crippen LogP contribution in [0.25, 0.3) is 0 Å². The van der Waals surface area contributed by atoms with Gasteiger partial charge in [-0.1, -0.05) is 12.1 Å². The Bertz CT molecular complexity index is 408. The average molecular weight is 221 g/mol. The van der Waals surface area contributed by atoms with Crippen molar-refractivity contribution in [3.8, 4) is 0 Å². The lowest BCUT2D eigenvalue weighted by atomic mass is 9.99. The van der Waals surface area contributed by atoms with Crippen LogP contribution < -0.4 is 0 Å². The van der Waals surface area contributed by atoms with Gasteiger partial charge in [0.05, 0.1) is 5.69 Å². The topological polar surface area (TPSA) is 12.9 Å². The van der Waals surface area contributed by atoms with Crippen molar-refractivity contribution in [2.75, 3.05) is 0 Å². The normalized spacial score (nSPS) is 14.8. The van der Waals surface area contributed by atoms with Crippen LogP contribution >= 0.6 is 11.3 Å². The summed E-state index contributed by atoms with van der Waals surface area (Å²) in [5, 5.41) is 1.96. The lowest BCUT2D eigenvalue weighted by molar-refractivity contribution is 0.187. The van der Waals surface area contributed by atoms with E-state index in [9.17, 15) is 4.39 Å². The minimum absolute atomic E-state index is 0.391. The Morgan fingerprint density at radius 3 is 2.80 bits per heavy atom. The molecule has 0 aromatic carbocycles. The number of rotatable bonds is 3. The first-order valence-corrected chi connectivity index (χ1v) is 5.69. The Morgan fingerprint density at radius 1 is 1.33 bits per heavy atom. The predicted molar refractivity (Wildman–Crippen MR) is 60.7 cm³/mol. The van der Waals surface area contributed by atoms with Crippen LogP contribution in [0.1, 0.15) is 17.5 Å². The number of halogens is 1. The molecule has 0 N–H and O–H groups in total. The van der Waals surface area contributed by atoms with Crippen LogP contribution in [0.4, 0.5) is 4.39 Å². The molecule has 0 aliphatic rings. The second-order valence-corrected chi connectivity index (χ2v) is 4.70. The average Bonchev–Trinajstić information content (AvgIpc) is 2.71. The second-order valence-electron chi connectivity index (χ2n) is 3.67. The molecule has 0 saturated heterocycles. The van der Waals surface area contributed by atoms with Gasteiger partial charge in [0, 0.05) is 17.5 Å². The predicted octanol–water partition coefficient (Wildman–Crippen LogP) is 3.57. The van der Waals surface area contributed by atoms with Crippen molar-refractivity contribution in [2.24, 2.45) is 0 Å². The molecule has 0 radical (unpaired) electrons. The number of nitrogens with zero attached hydrogens (tertiary/aromatic N) is 1. The maximum Gasteiger partial charge on any atom is 0.154 e. The van der Waals surface area contributed by atoms with E-state index in [1.165, 1.54) is 0 Å². The summed E-state index contributed by atoms with van der Waals surface area (Å²) in [5.74, 6) is 0. The summed E-state index contributed by atoms with van der Waals surface area (Å²) >= 11 is 1.58. The van der Waals surface area contributed by atoms with Crippen molar-refractivity contribution in [3.05, 3.63) is 52.5 Å². The second kappa shape index (κ2) is 4.11. The van der Waals surface area contributed by atoms with E-state index in [-0.39, 0.29) is 0 Å². The van der Waals surface area contributed by atoms with Crippen LogP contribution in [-0.4, -0.2) is 4.98 Å². The first kappa shape index (κ1) is 10.3. The van der Waals surface area contributed by atoms with E-state index in [0.29, 0.717) is 12.1 Å². The molecule has 1 atom stereocenters. The van der Waals surface area contributed by atoms with Crippen molar-refractivity contribution >= 4 is 11.3 Å². The van der Waals surface area contributed by atoms with E-state index in [0.717, 1.165) is 4.88 Å². The number of hydrogen-bond acceptors (Lipinski definition) is 2. The summed E-state index contributed by atoms with van der Waals surface area (Å²) < 4.78 is 14.3. The third-order valence-corrected chi connectivity index (χ3v) is 3.16. The fraction of sp³-hybridized carbons (Fsp3) is 0.250. The zero-order valence-electron chi connectivity index (χ0n) is 8.48. The fourth-order valence-electron chi connectivity index (χ4n) is 1.50. The summed E-state index contributed by atoms with van der Waals surface area (Å²) in [4.78, 5) is 5.11. The van der Waals surface area contributed by atoms with Gasteiger partial charge in [0.1, 0.15) is 0 Å². The largest absolute Gasteiger partial charge is 0.258 e. The third kappa shape index (κ3) is 2.42. The molecular weight excluding hydrogens is 209 g/mol. The van der Waals surface area contributed by atoms with E-state index in [1.807, 2.05) is 23.6 Å². The Kier molecular flexibility index (Phi) is 2.82. The van der Waals surface area contributed by atoms with Crippen molar-refractivity contribution in [1.29, 1.82) is 0 Å². The number of aromatic nitrogens is 1. The van der Waals surface area contributed by atoms with Crippen LogP contribution in [0.2, 0.25) is 0 Å². The molecule has 0 spiro atoms. The van der Waals surface area contributed by atoms with Crippen LogP contribution in [0.3, 0.4) is 0 Å². The minimum atomic E-state index is -1.38. The molecule has 0 saturated carbocycles. The van der Waals surface area contributed by atoms with Gasteiger partial charge in [0.15, 0.2) is 5.67 Å². The van der Waals surface area contributed by atoms with Crippen molar-refractivity contribution in [1.82, 2.24) is 4.98 Å². The fourth-order valence-corrected chi connectivity index (χ4v) is 2.35. The molecule has 78 valence electrons. The van der Waals surface area contributed by atoms with Crippen LogP contribution in [0, 0.1) is 0 Å². The molecule has 0 fully saturated rings. The van der Waals surface area contributed by atoms with Gasteiger partial charge in [-0.05, 0) is 30.5 Å². The number of pyridine rings is 1. The SMILES string of the molecule is CC(F)(Cc1cccs1)c1ccccn1.